The lowest BCUT2D eigenvalue weighted by atomic mass is 10.1. The van der Waals surface area contributed by atoms with Crippen molar-refractivity contribution in [3.63, 3.8) is 0 Å². The van der Waals surface area contributed by atoms with Crippen molar-refractivity contribution in [3.05, 3.63) is 53.6 Å². The molecule has 0 aliphatic carbocycles. The van der Waals surface area contributed by atoms with E-state index < -0.39 is 0 Å². The third-order valence-corrected chi connectivity index (χ3v) is 3.36. The third-order valence-electron chi connectivity index (χ3n) is 3.36. The van der Waals surface area contributed by atoms with E-state index in [1.54, 1.807) is 25.3 Å². The van der Waals surface area contributed by atoms with Crippen LogP contribution in [0.5, 0.6) is 17.2 Å². The fourth-order valence-corrected chi connectivity index (χ4v) is 2.22. The summed E-state index contributed by atoms with van der Waals surface area (Å²) in [6, 6.07) is 13.0. The molecule has 0 fully saturated rings. The standard InChI is InChI=1S/C18H21NO4/c1-4-15(19-22-3)14-7-5-6-8-16(14)23-17-10-9-13(12-20)11-18(17)21-2/h5-11,20H,4,12H2,1-3H3. The highest BCUT2D eigenvalue weighted by atomic mass is 16.6. The molecular formula is C18H21NO4. The second-order valence-corrected chi connectivity index (χ2v) is 4.82. The van der Waals surface area contributed by atoms with Crippen LogP contribution in [-0.4, -0.2) is 25.0 Å². The summed E-state index contributed by atoms with van der Waals surface area (Å²) < 4.78 is 11.4. The maximum atomic E-state index is 9.22. The maximum Gasteiger partial charge on any atom is 0.169 e. The first-order valence-corrected chi connectivity index (χ1v) is 7.38. The second kappa shape index (κ2) is 8.19. The number of ether oxygens (including phenoxy) is 2. The molecule has 23 heavy (non-hydrogen) atoms. The number of oxime groups is 1. The number of methoxy groups -OCH3 is 1. The van der Waals surface area contributed by atoms with Gasteiger partial charge in [0.15, 0.2) is 11.5 Å². The minimum absolute atomic E-state index is 0.0479. The van der Waals surface area contributed by atoms with E-state index in [2.05, 4.69) is 5.16 Å². The summed E-state index contributed by atoms with van der Waals surface area (Å²) in [5, 5.41) is 13.3. The lowest BCUT2D eigenvalue weighted by Crippen LogP contribution is -2.03. The van der Waals surface area contributed by atoms with Gasteiger partial charge in [-0.05, 0) is 36.2 Å². The zero-order chi connectivity index (χ0) is 16.7. The normalized spacial score (nSPS) is 11.2. The SMILES string of the molecule is CCC(=NOC)c1ccccc1Oc1ccc(CO)cc1OC. The van der Waals surface area contributed by atoms with E-state index >= 15 is 0 Å². The zero-order valence-electron chi connectivity index (χ0n) is 13.6. The Hall–Kier alpha value is -2.53. The topological polar surface area (TPSA) is 60.3 Å². The smallest absolute Gasteiger partial charge is 0.169 e. The summed E-state index contributed by atoms with van der Waals surface area (Å²) in [4.78, 5) is 4.91. The largest absolute Gasteiger partial charge is 0.493 e. The van der Waals surface area contributed by atoms with Gasteiger partial charge in [0, 0.05) is 5.56 Å². The van der Waals surface area contributed by atoms with Crippen LogP contribution in [0.3, 0.4) is 0 Å². The molecule has 0 saturated carbocycles. The van der Waals surface area contributed by atoms with Crippen molar-refractivity contribution in [2.45, 2.75) is 20.0 Å². The molecular weight excluding hydrogens is 294 g/mol. The highest BCUT2D eigenvalue weighted by Gasteiger charge is 2.13. The first-order valence-electron chi connectivity index (χ1n) is 7.38. The molecule has 2 rings (SSSR count). The highest BCUT2D eigenvalue weighted by molar-refractivity contribution is 6.02. The van der Waals surface area contributed by atoms with Crippen molar-refractivity contribution in [2.24, 2.45) is 5.16 Å². The Kier molecular flexibility index (Phi) is 6.00. The summed E-state index contributed by atoms with van der Waals surface area (Å²) in [5.74, 6) is 1.80. The maximum absolute atomic E-state index is 9.22. The van der Waals surface area contributed by atoms with Gasteiger partial charge in [0.25, 0.3) is 0 Å². The van der Waals surface area contributed by atoms with E-state index in [1.807, 2.05) is 31.2 Å². The van der Waals surface area contributed by atoms with Crippen LogP contribution in [0.2, 0.25) is 0 Å². The van der Waals surface area contributed by atoms with Gasteiger partial charge in [-0.3, -0.25) is 0 Å². The predicted octanol–water partition coefficient (Wildman–Crippen LogP) is 3.74. The highest BCUT2D eigenvalue weighted by Crippen LogP contribution is 2.34. The Morgan fingerprint density at radius 2 is 1.83 bits per heavy atom. The molecule has 0 radical (unpaired) electrons. The van der Waals surface area contributed by atoms with E-state index in [-0.39, 0.29) is 6.61 Å². The predicted molar refractivity (Wildman–Crippen MR) is 89.3 cm³/mol. The van der Waals surface area contributed by atoms with Gasteiger partial charge in [-0.15, -0.1) is 0 Å². The molecule has 0 aliphatic rings. The summed E-state index contributed by atoms with van der Waals surface area (Å²) in [6.45, 7) is 1.96. The van der Waals surface area contributed by atoms with Crippen LogP contribution in [0.4, 0.5) is 0 Å². The van der Waals surface area contributed by atoms with Gasteiger partial charge in [-0.1, -0.05) is 30.3 Å². The summed E-state index contributed by atoms with van der Waals surface area (Å²) in [6.07, 6.45) is 0.717. The van der Waals surface area contributed by atoms with Crippen molar-refractivity contribution in [3.8, 4) is 17.2 Å². The van der Waals surface area contributed by atoms with Gasteiger partial charge in [0.2, 0.25) is 0 Å². The molecule has 122 valence electrons. The van der Waals surface area contributed by atoms with Crippen molar-refractivity contribution in [1.82, 2.24) is 0 Å². The molecule has 0 amide bonds. The van der Waals surface area contributed by atoms with E-state index in [0.29, 0.717) is 17.2 Å². The molecule has 5 heteroatoms. The van der Waals surface area contributed by atoms with Gasteiger partial charge in [0.05, 0.1) is 19.4 Å². The van der Waals surface area contributed by atoms with Crippen molar-refractivity contribution >= 4 is 5.71 Å². The molecule has 0 bridgehead atoms. The van der Waals surface area contributed by atoms with E-state index in [1.165, 1.54) is 7.11 Å². The van der Waals surface area contributed by atoms with Crippen LogP contribution in [0, 0.1) is 0 Å². The first kappa shape index (κ1) is 16.8. The second-order valence-electron chi connectivity index (χ2n) is 4.82. The fourth-order valence-electron chi connectivity index (χ4n) is 2.22. The zero-order valence-corrected chi connectivity index (χ0v) is 13.6. The summed E-state index contributed by atoms with van der Waals surface area (Å²) in [7, 11) is 3.09. The quantitative estimate of drug-likeness (QED) is 0.624. The molecule has 0 aromatic heterocycles. The monoisotopic (exact) mass is 315 g/mol. The van der Waals surface area contributed by atoms with E-state index in [9.17, 15) is 5.11 Å². The average Bonchev–Trinajstić information content (AvgIpc) is 2.60. The van der Waals surface area contributed by atoms with E-state index in [0.717, 1.165) is 23.3 Å². The number of nitrogens with zero attached hydrogens (tertiary/aromatic N) is 1. The molecule has 2 aromatic carbocycles. The van der Waals surface area contributed by atoms with Crippen molar-refractivity contribution < 1.29 is 19.4 Å². The molecule has 0 aliphatic heterocycles. The minimum Gasteiger partial charge on any atom is -0.493 e. The summed E-state index contributed by atoms with van der Waals surface area (Å²) in [5.41, 5.74) is 2.43. The molecule has 0 atom stereocenters. The lowest BCUT2D eigenvalue weighted by Gasteiger charge is -2.14. The number of hydrogen-bond donors (Lipinski definition) is 1. The first-order chi connectivity index (χ1) is 11.2. The Bertz CT molecular complexity index is 682. The number of benzene rings is 2. The Balaban J connectivity index is 2.39. The van der Waals surface area contributed by atoms with Gasteiger partial charge in [0.1, 0.15) is 12.9 Å². The molecule has 0 heterocycles. The van der Waals surface area contributed by atoms with Crippen molar-refractivity contribution in [2.75, 3.05) is 14.2 Å². The van der Waals surface area contributed by atoms with Crippen molar-refractivity contribution in [1.29, 1.82) is 0 Å². The lowest BCUT2D eigenvalue weighted by molar-refractivity contribution is 0.213. The molecule has 1 N–H and O–H groups in total. The minimum atomic E-state index is -0.0479. The van der Waals surface area contributed by atoms with Crippen LogP contribution >= 0.6 is 0 Å². The van der Waals surface area contributed by atoms with E-state index in [4.69, 9.17) is 14.3 Å². The fraction of sp³-hybridized carbons (Fsp3) is 0.278. The molecule has 0 saturated heterocycles. The number of aliphatic hydroxyl groups is 1. The molecule has 2 aromatic rings. The van der Waals surface area contributed by atoms with Crippen LogP contribution in [0.1, 0.15) is 24.5 Å². The number of aliphatic hydroxyl groups excluding tert-OH is 1. The van der Waals surface area contributed by atoms with Crippen LogP contribution in [-0.2, 0) is 11.4 Å². The van der Waals surface area contributed by atoms with Gasteiger partial charge in [-0.2, -0.15) is 0 Å². The van der Waals surface area contributed by atoms with Crippen LogP contribution in [0.25, 0.3) is 0 Å². The van der Waals surface area contributed by atoms with Gasteiger partial charge in [-0.25, -0.2) is 0 Å². The van der Waals surface area contributed by atoms with Crippen LogP contribution < -0.4 is 9.47 Å². The van der Waals surface area contributed by atoms with Gasteiger partial charge < -0.3 is 19.4 Å². The Morgan fingerprint density at radius 1 is 1.04 bits per heavy atom. The summed E-state index contributed by atoms with van der Waals surface area (Å²) >= 11 is 0. The molecule has 5 nitrogen and oxygen atoms in total. The number of para-hydroxylation sites is 1. The van der Waals surface area contributed by atoms with Crippen LogP contribution in [0.15, 0.2) is 47.6 Å². The molecule has 0 spiro atoms. The Labute approximate surface area is 136 Å². The Morgan fingerprint density at radius 3 is 2.48 bits per heavy atom. The van der Waals surface area contributed by atoms with Gasteiger partial charge >= 0.3 is 0 Å². The number of rotatable bonds is 7. The average molecular weight is 315 g/mol. The number of hydrogen-bond acceptors (Lipinski definition) is 5. The third kappa shape index (κ3) is 4.02. The molecule has 0 unspecified atom stereocenters.